The molecule has 0 bridgehead atoms. The fourth-order valence-corrected chi connectivity index (χ4v) is 3.33. The average Bonchev–Trinajstić information content (AvgIpc) is 2.66. The van der Waals surface area contributed by atoms with Crippen molar-refractivity contribution in [3.8, 4) is 0 Å². The van der Waals surface area contributed by atoms with Crippen LogP contribution >= 0.6 is 0 Å². The van der Waals surface area contributed by atoms with Crippen molar-refractivity contribution in [2.75, 3.05) is 0 Å². The molecule has 1 aliphatic carbocycles. The highest BCUT2D eigenvalue weighted by atomic mass is 16.6. The van der Waals surface area contributed by atoms with Crippen molar-refractivity contribution in [3.63, 3.8) is 0 Å². The van der Waals surface area contributed by atoms with Crippen molar-refractivity contribution in [2.24, 2.45) is 0 Å². The highest BCUT2D eigenvalue weighted by molar-refractivity contribution is 5.89. The maximum atomic E-state index is 12.7. The Hall–Kier alpha value is -3.43. The van der Waals surface area contributed by atoms with E-state index in [0.717, 1.165) is 27.7 Å². The van der Waals surface area contributed by atoms with Crippen LogP contribution < -0.4 is 0 Å². The minimum absolute atomic E-state index is 0.151. The lowest BCUT2D eigenvalue weighted by atomic mass is 9.86. The van der Waals surface area contributed by atoms with Crippen molar-refractivity contribution in [1.82, 2.24) is 0 Å². The number of carbonyl (C=O) groups excluding carboxylic acids is 5. The summed E-state index contributed by atoms with van der Waals surface area (Å²) in [7, 11) is 0. The lowest BCUT2D eigenvalue weighted by molar-refractivity contribution is -0.223. The van der Waals surface area contributed by atoms with Crippen molar-refractivity contribution >= 4 is 29.8 Å². The van der Waals surface area contributed by atoms with E-state index in [1.807, 2.05) is 0 Å². The van der Waals surface area contributed by atoms with Gasteiger partial charge in [-0.1, -0.05) is 18.2 Å². The molecule has 2 rings (SSSR count). The van der Waals surface area contributed by atoms with Crippen molar-refractivity contribution in [2.45, 2.75) is 64.6 Å². The van der Waals surface area contributed by atoms with Gasteiger partial charge in [0.1, 0.15) is 12.2 Å². The molecule has 0 unspecified atom stereocenters. The zero-order valence-electron chi connectivity index (χ0n) is 17.6. The van der Waals surface area contributed by atoms with Crippen LogP contribution in [0.2, 0.25) is 0 Å². The Balaban J connectivity index is 2.46. The second-order valence-corrected chi connectivity index (χ2v) is 6.92. The third-order valence-corrected chi connectivity index (χ3v) is 4.34. The van der Waals surface area contributed by atoms with Gasteiger partial charge in [0.15, 0.2) is 18.3 Å². The molecule has 1 saturated carbocycles. The molecule has 0 aromatic heterocycles. The first kappa shape index (κ1) is 23.8. The molecule has 0 radical (unpaired) electrons. The molecule has 1 aliphatic rings. The number of carbonyl (C=O) groups is 5. The van der Waals surface area contributed by atoms with Crippen molar-refractivity contribution in [3.05, 3.63) is 35.9 Å². The monoisotopic (exact) mass is 436 g/mol. The first-order chi connectivity index (χ1) is 14.6. The SMILES string of the molecule is CC(=O)O[C@H]1[C@@H](OC(C)=O)[C@H](OC(C)=O)C[C@H](OC(C)=O)[C@H]1OC(=O)c1ccccc1. The van der Waals surface area contributed by atoms with E-state index in [-0.39, 0.29) is 12.0 Å². The van der Waals surface area contributed by atoms with Crippen LogP contribution in [0.4, 0.5) is 0 Å². The second-order valence-electron chi connectivity index (χ2n) is 6.92. The quantitative estimate of drug-likeness (QED) is 0.475. The van der Waals surface area contributed by atoms with E-state index < -0.39 is 60.4 Å². The molecule has 0 aliphatic heterocycles. The minimum Gasteiger partial charge on any atom is -0.458 e. The maximum absolute atomic E-state index is 12.7. The zero-order valence-corrected chi connectivity index (χ0v) is 17.6. The summed E-state index contributed by atoms with van der Waals surface area (Å²) in [6.07, 6.45) is -6.40. The Morgan fingerprint density at radius 3 is 1.48 bits per heavy atom. The van der Waals surface area contributed by atoms with Crippen LogP contribution in [-0.2, 0) is 42.9 Å². The fraction of sp³-hybridized carbons (Fsp3) is 0.476. The van der Waals surface area contributed by atoms with E-state index in [4.69, 9.17) is 23.7 Å². The molecule has 5 atom stereocenters. The normalized spacial score (nSPS) is 25.0. The highest BCUT2D eigenvalue weighted by Gasteiger charge is 2.53. The molecule has 168 valence electrons. The molecule has 0 heterocycles. The molecule has 0 spiro atoms. The lowest BCUT2D eigenvalue weighted by Crippen LogP contribution is -2.61. The fourth-order valence-electron chi connectivity index (χ4n) is 3.33. The number of esters is 5. The number of ether oxygens (including phenoxy) is 5. The summed E-state index contributed by atoms with van der Waals surface area (Å²) in [5, 5.41) is 0. The van der Waals surface area contributed by atoms with E-state index >= 15 is 0 Å². The van der Waals surface area contributed by atoms with Crippen LogP contribution in [0.3, 0.4) is 0 Å². The number of benzene rings is 1. The van der Waals surface area contributed by atoms with Gasteiger partial charge in [0.2, 0.25) is 0 Å². The van der Waals surface area contributed by atoms with Crippen molar-refractivity contribution < 1.29 is 47.7 Å². The first-order valence-electron chi connectivity index (χ1n) is 9.53. The molecule has 1 aromatic rings. The second kappa shape index (κ2) is 10.6. The van der Waals surface area contributed by atoms with Gasteiger partial charge in [-0.25, -0.2) is 4.79 Å². The van der Waals surface area contributed by atoms with Crippen LogP contribution in [0.5, 0.6) is 0 Å². The van der Waals surface area contributed by atoms with E-state index in [9.17, 15) is 24.0 Å². The van der Waals surface area contributed by atoms with Crippen LogP contribution in [0, 0.1) is 0 Å². The average molecular weight is 436 g/mol. The lowest BCUT2D eigenvalue weighted by Gasteiger charge is -2.43. The smallest absolute Gasteiger partial charge is 0.338 e. The Morgan fingerprint density at radius 1 is 0.613 bits per heavy atom. The molecule has 1 fully saturated rings. The van der Waals surface area contributed by atoms with Crippen LogP contribution in [0.25, 0.3) is 0 Å². The molecule has 31 heavy (non-hydrogen) atoms. The minimum atomic E-state index is -1.39. The summed E-state index contributed by atoms with van der Waals surface area (Å²) < 4.78 is 26.6. The first-order valence-corrected chi connectivity index (χ1v) is 9.53. The summed E-state index contributed by atoms with van der Waals surface area (Å²) in [5.41, 5.74) is 0.205. The van der Waals surface area contributed by atoms with Gasteiger partial charge in [0.25, 0.3) is 0 Å². The molecule has 0 saturated heterocycles. The summed E-state index contributed by atoms with van der Waals surface area (Å²) in [5.74, 6) is -3.66. The predicted molar refractivity (Wildman–Crippen MR) is 102 cm³/mol. The molecule has 0 N–H and O–H groups in total. The highest BCUT2D eigenvalue weighted by Crippen LogP contribution is 2.32. The summed E-state index contributed by atoms with van der Waals surface area (Å²) in [6, 6.07) is 7.99. The van der Waals surface area contributed by atoms with E-state index in [0.29, 0.717) is 0 Å². The predicted octanol–water partition coefficient (Wildman–Crippen LogP) is 1.34. The molecular formula is C21H24O10. The van der Waals surface area contributed by atoms with Crippen molar-refractivity contribution in [1.29, 1.82) is 0 Å². The van der Waals surface area contributed by atoms with E-state index in [1.165, 1.54) is 12.1 Å². The van der Waals surface area contributed by atoms with Crippen LogP contribution in [0.15, 0.2) is 30.3 Å². The van der Waals surface area contributed by atoms with Crippen LogP contribution in [0.1, 0.15) is 44.5 Å². The van der Waals surface area contributed by atoms with Gasteiger partial charge in [-0.3, -0.25) is 19.2 Å². The number of hydrogen-bond acceptors (Lipinski definition) is 10. The van der Waals surface area contributed by atoms with Gasteiger partial charge < -0.3 is 23.7 Å². The molecular weight excluding hydrogens is 412 g/mol. The Morgan fingerprint density at radius 2 is 1.03 bits per heavy atom. The third kappa shape index (κ3) is 6.80. The van der Waals surface area contributed by atoms with Gasteiger partial charge in [-0.05, 0) is 12.1 Å². The Kier molecular flexibility index (Phi) is 8.12. The topological polar surface area (TPSA) is 132 Å². The zero-order chi connectivity index (χ0) is 23.1. The number of rotatable bonds is 6. The standard InChI is InChI=1S/C21H24O10/c1-11(22)27-16-10-17(28-12(2)23)19(31-21(26)15-8-6-5-7-9-15)20(30-14(4)25)18(16)29-13(3)24/h5-9,16-20H,10H2,1-4H3/t16-,17+,18+,19-,20+/m1/s1. The van der Waals surface area contributed by atoms with E-state index in [1.54, 1.807) is 18.2 Å². The van der Waals surface area contributed by atoms with E-state index in [2.05, 4.69) is 0 Å². The number of hydrogen-bond donors (Lipinski definition) is 0. The van der Waals surface area contributed by atoms with Gasteiger partial charge in [-0.2, -0.15) is 0 Å². The summed E-state index contributed by atoms with van der Waals surface area (Å²) in [6.45, 7) is 4.53. The maximum Gasteiger partial charge on any atom is 0.338 e. The van der Waals surface area contributed by atoms with Gasteiger partial charge in [-0.15, -0.1) is 0 Å². The summed E-state index contributed by atoms with van der Waals surface area (Å²) in [4.78, 5) is 59.4. The molecule has 10 nitrogen and oxygen atoms in total. The van der Waals surface area contributed by atoms with Gasteiger partial charge in [0, 0.05) is 34.1 Å². The molecule has 1 aromatic carbocycles. The van der Waals surface area contributed by atoms with Crippen LogP contribution in [-0.4, -0.2) is 60.4 Å². The molecule has 10 heteroatoms. The Labute approximate surface area is 178 Å². The largest absolute Gasteiger partial charge is 0.458 e. The third-order valence-electron chi connectivity index (χ3n) is 4.34. The Bertz CT molecular complexity index is 834. The summed E-state index contributed by atoms with van der Waals surface area (Å²) >= 11 is 0. The van der Waals surface area contributed by atoms with Gasteiger partial charge >= 0.3 is 29.8 Å². The molecule has 0 amide bonds. The van der Waals surface area contributed by atoms with Gasteiger partial charge in [0.05, 0.1) is 5.56 Å².